The van der Waals surface area contributed by atoms with Crippen LogP contribution in [-0.4, -0.2) is 23.4 Å². The van der Waals surface area contributed by atoms with Gasteiger partial charge in [0.25, 0.3) is 0 Å². The average molecular weight is 443 g/mol. The van der Waals surface area contributed by atoms with Gasteiger partial charge >= 0.3 is 0 Å². The summed E-state index contributed by atoms with van der Waals surface area (Å²) in [5, 5.41) is 5.27. The Balaban J connectivity index is 1.50. The number of nitrogens with one attached hydrogen (secondary N) is 1. The summed E-state index contributed by atoms with van der Waals surface area (Å²) in [6, 6.07) is 18.9. The van der Waals surface area contributed by atoms with Crippen LogP contribution in [0.5, 0.6) is 0 Å². The van der Waals surface area contributed by atoms with Crippen LogP contribution in [0.1, 0.15) is 11.1 Å². The quantitative estimate of drug-likeness (QED) is 0.415. The first kappa shape index (κ1) is 18.2. The molecule has 150 valence electrons. The summed E-state index contributed by atoms with van der Waals surface area (Å²) >= 11 is 1.58. The Morgan fingerprint density at radius 2 is 1.74 bits per heavy atom. The summed E-state index contributed by atoms with van der Waals surface area (Å²) in [4.78, 5) is 13.4. The van der Waals surface area contributed by atoms with E-state index in [1.54, 1.807) is 22.9 Å². The Morgan fingerprint density at radius 3 is 2.61 bits per heavy atom. The molecule has 0 saturated heterocycles. The summed E-state index contributed by atoms with van der Waals surface area (Å²) in [6.07, 6.45) is 1.48. The van der Waals surface area contributed by atoms with Gasteiger partial charge in [0.15, 0.2) is 0 Å². The van der Waals surface area contributed by atoms with Crippen molar-refractivity contribution in [2.45, 2.75) is 4.90 Å². The standard InChI is InChI=1S/C23H14N4O2S2/c28-31(29)11-18(14-4-2-1-3-5-14)16-9-19-17(10-22(16)31)23(25-12-24-19)27-15-6-7-21-20(8-15)26-13-30-21/h1-13H,(H,24,25,27). The third-order valence-electron chi connectivity index (χ3n) is 5.28. The van der Waals surface area contributed by atoms with Crippen LogP contribution in [-0.2, 0) is 9.84 Å². The maximum Gasteiger partial charge on any atom is 0.201 e. The van der Waals surface area contributed by atoms with Crippen molar-refractivity contribution < 1.29 is 8.42 Å². The summed E-state index contributed by atoms with van der Waals surface area (Å²) in [6.45, 7) is 0. The summed E-state index contributed by atoms with van der Waals surface area (Å²) in [5.41, 5.74) is 6.39. The lowest BCUT2D eigenvalue weighted by molar-refractivity contribution is 0.605. The normalized spacial score (nSPS) is 14.5. The van der Waals surface area contributed by atoms with Crippen molar-refractivity contribution in [3.63, 3.8) is 0 Å². The van der Waals surface area contributed by atoms with Crippen molar-refractivity contribution in [2.75, 3.05) is 5.32 Å². The molecule has 8 heteroatoms. The number of hydrogen-bond donors (Lipinski definition) is 1. The minimum absolute atomic E-state index is 0.270. The van der Waals surface area contributed by atoms with E-state index in [0.717, 1.165) is 21.5 Å². The van der Waals surface area contributed by atoms with Gasteiger partial charge < -0.3 is 5.32 Å². The zero-order chi connectivity index (χ0) is 21.0. The van der Waals surface area contributed by atoms with E-state index >= 15 is 0 Å². The van der Waals surface area contributed by atoms with E-state index in [9.17, 15) is 8.42 Å². The lowest BCUT2D eigenvalue weighted by Gasteiger charge is -2.11. The first-order chi connectivity index (χ1) is 15.1. The third kappa shape index (κ3) is 2.99. The number of fused-ring (bicyclic) bond motifs is 3. The molecule has 2 aromatic heterocycles. The largest absolute Gasteiger partial charge is 0.340 e. The molecule has 1 aliphatic rings. The van der Waals surface area contributed by atoms with Gasteiger partial charge in [0.05, 0.1) is 26.1 Å². The van der Waals surface area contributed by atoms with Crippen LogP contribution in [0.3, 0.4) is 0 Å². The number of nitrogens with zero attached hydrogens (tertiary/aromatic N) is 3. The summed E-state index contributed by atoms with van der Waals surface area (Å²) < 4.78 is 26.9. The van der Waals surface area contributed by atoms with E-state index in [4.69, 9.17) is 0 Å². The highest BCUT2D eigenvalue weighted by Gasteiger charge is 2.29. The van der Waals surface area contributed by atoms with Crippen LogP contribution in [0.4, 0.5) is 11.5 Å². The molecule has 1 aliphatic heterocycles. The van der Waals surface area contributed by atoms with E-state index in [2.05, 4.69) is 20.3 Å². The lowest BCUT2D eigenvalue weighted by Crippen LogP contribution is -1.99. The fourth-order valence-electron chi connectivity index (χ4n) is 3.82. The van der Waals surface area contributed by atoms with Crippen LogP contribution in [0, 0.1) is 0 Å². The Bertz CT molecular complexity index is 1620. The van der Waals surface area contributed by atoms with Gasteiger partial charge in [0, 0.05) is 27.6 Å². The van der Waals surface area contributed by atoms with Gasteiger partial charge in [-0.2, -0.15) is 0 Å². The van der Waals surface area contributed by atoms with Crippen LogP contribution in [0.15, 0.2) is 82.8 Å². The molecule has 3 heterocycles. The number of rotatable bonds is 3. The maximum absolute atomic E-state index is 12.9. The SMILES string of the molecule is O=S1(=O)C=C(c2ccccc2)c2cc3ncnc(Nc4ccc5scnc5c4)c3cc21. The molecule has 1 N–H and O–H groups in total. The zero-order valence-corrected chi connectivity index (χ0v) is 17.6. The highest BCUT2D eigenvalue weighted by Crippen LogP contribution is 2.40. The predicted molar refractivity (Wildman–Crippen MR) is 123 cm³/mol. The monoisotopic (exact) mass is 442 g/mol. The fourth-order valence-corrected chi connectivity index (χ4v) is 5.94. The van der Waals surface area contributed by atoms with E-state index in [0.29, 0.717) is 27.9 Å². The molecule has 0 atom stereocenters. The second kappa shape index (κ2) is 6.69. The second-order valence-corrected chi connectivity index (χ2v) is 9.84. The Hall–Kier alpha value is -3.62. The van der Waals surface area contributed by atoms with Crippen molar-refractivity contribution in [3.05, 3.63) is 89.0 Å². The number of thiazole rings is 1. The van der Waals surface area contributed by atoms with E-state index in [1.807, 2.05) is 54.6 Å². The molecule has 0 bridgehead atoms. The van der Waals surface area contributed by atoms with Gasteiger partial charge in [-0.1, -0.05) is 30.3 Å². The minimum atomic E-state index is -3.56. The molecule has 0 radical (unpaired) electrons. The minimum Gasteiger partial charge on any atom is -0.340 e. The van der Waals surface area contributed by atoms with Crippen molar-refractivity contribution in [3.8, 4) is 0 Å². The Kier molecular flexibility index (Phi) is 3.92. The zero-order valence-electron chi connectivity index (χ0n) is 16.0. The van der Waals surface area contributed by atoms with Crippen LogP contribution in [0.25, 0.3) is 26.7 Å². The summed E-state index contributed by atoms with van der Waals surface area (Å²) in [7, 11) is -3.56. The molecular formula is C23H14N4O2S2. The van der Waals surface area contributed by atoms with Crippen LogP contribution >= 0.6 is 11.3 Å². The summed E-state index contributed by atoms with van der Waals surface area (Å²) in [5.74, 6) is 0.547. The van der Waals surface area contributed by atoms with E-state index < -0.39 is 9.84 Å². The Labute approximate surface area is 181 Å². The first-order valence-corrected chi connectivity index (χ1v) is 11.9. The van der Waals surface area contributed by atoms with Gasteiger partial charge in [0.1, 0.15) is 12.1 Å². The van der Waals surface area contributed by atoms with Crippen molar-refractivity contribution in [2.24, 2.45) is 0 Å². The molecule has 0 fully saturated rings. The van der Waals surface area contributed by atoms with E-state index in [1.165, 1.54) is 11.7 Å². The van der Waals surface area contributed by atoms with Crippen molar-refractivity contribution in [1.82, 2.24) is 15.0 Å². The number of benzene rings is 3. The van der Waals surface area contributed by atoms with Crippen molar-refractivity contribution >= 4 is 59.4 Å². The molecule has 0 spiro atoms. The van der Waals surface area contributed by atoms with Gasteiger partial charge in [-0.3, -0.25) is 0 Å². The molecular weight excluding hydrogens is 428 g/mol. The van der Waals surface area contributed by atoms with Crippen LogP contribution < -0.4 is 5.32 Å². The maximum atomic E-state index is 12.9. The van der Waals surface area contributed by atoms with Crippen LogP contribution in [0.2, 0.25) is 0 Å². The molecule has 0 aliphatic carbocycles. The first-order valence-electron chi connectivity index (χ1n) is 9.50. The van der Waals surface area contributed by atoms with Gasteiger partial charge in [-0.25, -0.2) is 23.4 Å². The molecule has 0 amide bonds. The topological polar surface area (TPSA) is 84.8 Å². The number of aromatic nitrogens is 3. The molecule has 0 unspecified atom stereocenters. The van der Waals surface area contributed by atoms with Crippen molar-refractivity contribution in [1.29, 1.82) is 0 Å². The molecule has 31 heavy (non-hydrogen) atoms. The number of anilines is 2. The third-order valence-corrected chi connectivity index (χ3v) is 7.59. The predicted octanol–water partition coefficient (Wildman–Crippen LogP) is 5.16. The fraction of sp³-hybridized carbons (Fsp3) is 0. The highest BCUT2D eigenvalue weighted by molar-refractivity contribution is 7.95. The number of sulfone groups is 1. The number of hydrogen-bond acceptors (Lipinski definition) is 7. The highest BCUT2D eigenvalue weighted by atomic mass is 32.2. The smallest absolute Gasteiger partial charge is 0.201 e. The van der Waals surface area contributed by atoms with Gasteiger partial charge in [0.2, 0.25) is 9.84 Å². The average Bonchev–Trinajstić information content (AvgIpc) is 3.35. The second-order valence-electron chi connectivity index (χ2n) is 7.19. The molecule has 5 aromatic rings. The molecule has 6 nitrogen and oxygen atoms in total. The Morgan fingerprint density at radius 1 is 0.871 bits per heavy atom. The lowest BCUT2D eigenvalue weighted by atomic mass is 9.98. The molecule has 0 saturated carbocycles. The van der Waals surface area contributed by atoms with Gasteiger partial charge in [-0.15, -0.1) is 11.3 Å². The molecule has 6 rings (SSSR count). The van der Waals surface area contributed by atoms with Gasteiger partial charge in [-0.05, 0) is 35.9 Å². The van der Waals surface area contributed by atoms with E-state index in [-0.39, 0.29) is 4.90 Å². The molecule has 3 aromatic carbocycles.